The number of benzene rings is 1. The Bertz CT molecular complexity index is 491. The van der Waals surface area contributed by atoms with Gasteiger partial charge < -0.3 is 11.1 Å². The molecule has 0 aliphatic heterocycles. The van der Waals surface area contributed by atoms with Crippen molar-refractivity contribution in [1.29, 1.82) is 0 Å². The lowest BCUT2D eigenvalue weighted by atomic mass is 10.1. The first-order chi connectivity index (χ1) is 9.90. The lowest BCUT2D eigenvalue weighted by molar-refractivity contribution is 0.265. The van der Waals surface area contributed by atoms with E-state index >= 15 is 0 Å². The molecular weight excluding hydrogens is 260 g/mol. The van der Waals surface area contributed by atoms with Gasteiger partial charge in [0.25, 0.3) is 0 Å². The van der Waals surface area contributed by atoms with Gasteiger partial charge in [0, 0.05) is 19.1 Å². The SMILES string of the molecule is C=C(C)CNC(N)=NCc1ccccc1CN(C)C(C)C. The molecule has 0 amide bonds. The molecule has 0 bridgehead atoms. The molecule has 0 aliphatic rings. The monoisotopic (exact) mass is 288 g/mol. The zero-order valence-electron chi connectivity index (χ0n) is 13.7. The van der Waals surface area contributed by atoms with Crippen molar-refractivity contribution in [2.45, 2.75) is 39.9 Å². The van der Waals surface area contributed by atoms with Crippen LogP contribution in [0.25, 0.3) is 0 Å². The topological polar surface area (TPSA) is 53.6 Å². The molecule has 1 rings (SSSR count). The third-order valence-electron chi connectivity index (χ3n) is 3.41. The maximum absolute atomic E-state index is 5.86. The van der Waals surface area contributed by atoms with Gasteiger partial charge in [0.2, 0.25) is 0 Å². The number of guanidine groups is 1. The minimum Gasteiger partial charge on any atom is -0.370 e. The highest BCUT2D eigenvalue weighted by Gasteiger charge is 2.07. The van der Waals surface area contributed by atoms with Crippen LogP contribution in [0.1, 0.15) is 31.9 Å². The van der Waals surface area contributed by atoms with Gasteiger partial charge in [-0.3, -0.25) is 4.90 Å². The largest absolute Gasteiger partial charge is 0.370 e. The fraction of sp³-hybridized carbons (Fsp3) is 0.471. The van der Waals surface area contributed by atoms with E-state index in [1.54, 1.807) is 0 Å². The minimum atomic E-state index is 0.463. The van der Waals surface area contributed by atoms with E-state index in [2.05, 4.69) is 60.9 Å². The van der Waals surface area contributed by atoms with Gasteiger partial charge in [-0.2, -0.15) is 0 Å². The van der Waals surface area contributed by atoms with Crippen LogP contribution in [0, 0.1) is 0 Å². The molecule has 0 radical (unpaired) electrons. The molecule has 0 aliphatic carbocycles. The normalized spacial score (nSPS) is 12.0. The smallest absolute Gasteiger partial charge is 0.189 e. The highest BCUT2D eigenvalue weighted by Crippen LogP contribution is 2.13. The average molecular weight is 288 g/mol. The second kappa shape index (κ2) is 8.47. The summed E-state index contributed by atoms with van der Waals surface area (Å²) in [5.41, 5.74) is 9.40. The molecule has 1 aromatic carbocycles. The van der Waals surface area contributed by atoms with Crippen molar-refractivity contribution in [3.05, 3.63) is 47.5 Å². The lowest BCUT2D eigenvalue weighted by Gasteiger charge is -2.22. The minimum absolute atomic E-state index is 0.463. The number of nitrogens with one attached hydrogen (secondary N) is 1. The van der Waals surface area contributed by atoms with Crippen molar-refractivity contribution in [1.82, 2.24) is 10.2 Å². The fourth-order valence-corrected chi connectivity index (χ4v) is 1.78. The molecule has 4 nitrogen and oxygen atoms in total. The number of nitrogens with two attached hydrogens (primary N) is 1. The second-order valence-corrected chi connectivity index (χ2v) is 5.79. The summed E-state index contributed by atoms with van der Waals surface area (Å²) >= 11 is 0. The van der Waals surface area contributed by atoms with E-state index in [1.165, 1.54) is 11.1 Å². The van der Waals surface area contributed by atoms with Crippen molar-refractivity contribution >= 4 is 5.96 Å². The van der Waals surface area contributed by atoms with Crippen LogP contribution >= 0.6 is 0 Å². The first-order valence-corrected chi connectivity index (χ1v) is 7.35. The van der Waals surface area contributed by atoms with Crippen molar-refractivity contribution in [2.24, 2.45) is 10.7 Å². The van der Waals surface area contributed by atoms with E-state index in [-0.39, 0.29) is 0 Å². The van der Waals surface area contributed by atoms with Gasteiger partial charge in [0.15, 0.2) is 5.96 Å². The summed E-state index contributed by atoms with van der Waals surface area (Å²) in [4.78, 5) is 6.71. The van der Waals surface area contributed by atoms with E-state index in [1.807, 2.05) is 13.0 Å². The van der Waals surface area contributed by atoms with Crippen molar-refractivity contribution in [3.8, 4) is 0 Å². The van der Waals surface area contributed by atoms with E-state index in [4.69, 9.17) is 5.73 Å². The zero-order chi connectivity index (χ0) is 15.8. The number of hydrogen-bond acceptors (Lipinski definition) is 2. The zero-order valence-corrected chi connectivity index (χ0v) is 13.7. The van der Waals surface area contributed by atoms with Gasteiger partial charge in [-0.05, 0) is 38.9 Å². The molecule has 0 fully saturated rings. The van der Waals surface area contributed by atoms with E-state index in [9.17, 15) is 0 Å². The lowest BCUT2D eigenvalue weighted by Crippen LogP contribution is -2.32. The molecule has 4 heteroatoms. The van der Waals surface area contributed by atoms with Gasteiger partial charge in [-0.25, -0.2) is 4.99 Å². The van der Waals surface area contributed by atoms with E-state index in [0.717, 1.165) is 12.1 Å². The van der Waals surface area contributed by atoms with Crippen LogP contribution in [-0.4, -0.2) is 30.5 Å². The van der Waals surface area contributed by atoms with Crippen molar-refractivity contribution in [2.75, 3.05) is 13.6 Å². The Labute approximate surface area is 128 Å². The molecule has 116 valence electrons. The maximum atomic E-state index is 5.86. The molecule has 0 saturated carbocycles. The molecule has 0 spiro atoms. The van der Waals surface area contributed by atoms with Gasteiger partial charge in [-0.15, -0.1) is 0 Å². The first kappa shape index (κ1) is 17.2. The van der Waals surface area contributed by atoms with Crippen LogP contribution < -0.4 is 11.1 Å². The Kier molecular flexibility index (Phi) is 6.96. The summed E-state index contributed by atoms with van der Waals surface area (Å²) in [5, 5.41) is 3.05. The van der Waals surface area contributed by atoms with E-state index in [0.29, 0.717) is 25.1 Å². The fourth-order valence-electron chi connectivity index (χ4n) is 1.78. The molecule has 0 unspecified atom stereocenters. The van der Waals surface area contributed by atoms with E-state index < -0.39 is 0 Å². The maximum Gasteiger partial charge on any atom is 0.189 e. The standard InChI is InChI=1S/C17H28N4/c1-13(2)10-19-17(18)20-11-15-8-6-7-9-16(15)12-21(5)14(3)4/h6-9,14H,1,10-12H2,2-5H3,(H3,18,19,20). The van der Waals surface area contributed by atoms with Crippen LogP contribution in [0.5, 0.6) is 0 Å². The summed E-state index contributed by atoms with van der Waals surface area (Å²) < 4.78 is 0. The van der Waals surface area contributed by atoms with Crippen LogP contribution in [0.4, 0.5) is 0 Å². The molecule has 1 aromatic rings. The number of nitrogens with zero attached hydrogens (tertiary/aromatic N) is 2. The number of aliphatic imine (C=N–C) groups is 1. The Morgan fingerprint density at radius 2 is 1.95 bits per heavy atom. The summed E-state index contributed by atoms with van der Waals surface area (Å²) in [6.45, 7) is 12.3. The molecule has 0 saturated heterocycles. The summed E-state index contributed by atoms with van der Waals surface area (Å²) in [6, 6.07) is 8.89. The average Bonchev–Trinajstić information content (AvgIpc) is 2.44. The molecule has 3 N–H and O–H groups in total. The van der Waals surface area contributed by atoms with Gasteiger partial charge in [0.05, 0.1) is 6.54 Å². The molecule has 21 heavy (non-hydrogen) atoms. The highest BCUT2D eigenvalue weighted by molar-refractivity contribution is 5.78. The molecule has 0 aromatic heterocycles. The van der Waals surface area contributed by atoms with Crippen LogP contribution in [-0.2, 0) is 13.1 Å². The quantitative estimate of drug-likeness (QED) is 0.460. The van der Waals surface area contributed by atoms with Gasteiger partial charge in [0.1, 0.15) is 0 Å². The van der Waals surface area contributed by atoms with Gasteiger partial charge in [-0.1, -0.05) is 36.4 Å². The molecule has 0 atom stereocenters. The van der Waals surface area contributed by atoms with Crippen LogP contribution in [0.15, 0.2) is 41.4 Å². The Balaban J connectivity index is 2.70. The van der Waals surface area contributed by atoms with Crippen LogP contribution in [0.3, 0.4) is 0 Å². The Morgan fingerprint density at radius 1 is 1.33 bits per heavy atom. The van der Waals surface area contributed by atoms with Crippen LogP contribution in [0.2, 0.25) is 0 Å². The Hall–Kier alpha value is -1.81. The third kappa shape index (κ3) is 6.45. The third-order valence-corrected chi connectivity index (χ3v) is 3.41. The molecule has 0 heterocycles. The summed E-state index contributed by atoms with van der Waals surface area (Å²) in [6.07, 6.45) is 0. The predicted octanol–water partition coefficient (Wildman–Crippen LogP) is 2.51. The highest BCUT2D eigenvalue weighted by atomic mass is 15.1. The van der Waals surface area contributed by atoms with Crippen molar-refractivity contribution < 1.29 is 0 Å². The predicted molar refractivity (Wildman–Crippen MR) is 91.2 cm³/mol. The Morgan fingerprint density at radius 3 is 2.52 bits per heavy atom. The summed E-state index contributed by atoms with van der Waals surface area (Å²) in [7, 11) is 2.13. The van der Waals surface area contributed by atoms with Crippen molar-refractivity contribution in [3.63, 3.8) is 0 Å². The first-order valence-electron chi connectivity index (χ1n) is 7.35. The second-order valence-electron chi connectivity index (χ2n) is 5.79. The van der Waals surface area contributed by atoms with Gasteiger partial charge >= 0.3 is 0 Å². The molecular formula is C17H28N4. The number of hydrogen-bond donors (Lipinski definition) is 2. The summed E-state index contributed by atoms with van der Waals surface area (Å²) in [5.74, 6) is 0.463. The number of rotatable bonds is 7.